The summed E-state index contributed by atoms with van der Waals surface area (Å²) in [5, 5.41) is 0. The van der Waals surface area contributed by atoms with Crippen LogP contribution < -0.4 is 4.90 Å². The van der Waals surface area contributed by atoms with Crippen molar-refractivity contribution in [2.24, 2.45) is 0 Å². The minimum Gasteiger partial charge on any atom is -0.369 e. The maximum absolute atomic E-state index is 14.8. The van der Waals surface area contributed by atoms with Gasteiger partial charge in [0.2, 0.25) is 0 Å². The Labute approximate surface area is 204 Å². The van der Waals surface area contributed by atoms with E-state index in [0.29, 0.717) is 23.4 Å². The summed E-state index contributed by atoms with van der Waals surface area (Å²) in [5.74, 6) is -0.264. The molecule has 1 unspecified atom stereocenters. The molecule has 2 aromatic carbocycles. The van der Waals surface area contributed by atoms with Gasteiger partial charge in [0.25, 0.3) is 5.91 Å². The van der Waals surface area contributed by atoms with E-state index in [1.54, 1.807) is 6.07 Å². The van der Waals surface area contributed by atoms with Gasteiger partial charge in [0.05, 0.1) is 23.0 Å². The van der Waals surface area contributed by atoms with Crippen LogP contribution in [-0.4, -0.2) is 39.8 Å². The number of carbonyl (C=O) groups excluding carboxylic acids is 1. The molecule has 1 fully saturated rings. The SMILES string of the molecule is Cc1ccc(-c2cn3cc(C(=O)N4CCc5ccccc5C4C)cc(N4CCCC4)c3n2)c(F)c1. The monoisotopic (exact) mass is 468 g/mol. The van der Waals surface area contributed by atoms with Gasteiger partial charge in [-0.3, -0.25) is 4.79 Å². The third-order valence-electron chi connectivity index (χ3n) is 7.48. The van der Waals surface area contributed by atoms with E-state index in [-0.39, 0.29) is 17.8 Å². The summed E-state index contributed by atoms with van der Waals surface area (Å²) in [6.45, 7) is 6.53. The molecule has 0 aliphatic carbocycles. The van der Waals surface area contributed by atoms with Crippen LogP contribution in [0.5, 0.6) is 0 Å². The Morgan fingerprint density at radius 2 is 1.83 bits per heavy atom. The quantitative estimate of drug-likeness (QED) is 0.381. The molecule has 5 nitrogen and oxygen atoms in total. The van der Waals surface area contributed by atoms with Crippen molar-refractivity contribution in [3.8, 4) is 11.3 Å². The second-order valence-corrected chi connectivity index (χ2v) is 9.77. The number of aromatic nitrogens is 2. The number of halogens is 1. The van der Waals surface area contributed by atoms with Crippen molar-refractivity contribution >= 4 is 17.2 Å². The van der Waals surface area contributed by atoms with Gasteiger partial charge < -0.3 is 14.2 Å². The number of pyridine rings is 1. The average molecular weight is 469 g/mol. The zero-order valence-electron chi connectivity index (χ0n) is 20.2. The van der Waals surface area contributed by atoms with Gasteiger partial charge in [-0.2, -0.15) is 0 Å². The number of nitrogens with zero attached hydrogens (tertiary/aromatic N) is 4. The third-order valence-corrected chi connectivity index (χ3v) is 7.48. The first-order valence-corrected chi connectivity index (χ1v) is 12.4. The Morgan fingerprint density at radius 3 is 2.63 bits per heavy atom. The molecule has 4 aromatic rings. The fourth-order valence-corrected chi connectivity index (χ4v) is 5.56. The number of aryl methyl sites for hydroxylation is 1. The van der Waals surface area contributed by atoms with Gasteiger partial charge in [-0.15, -0.1) is 0 Å². The maximum Gasteiger partial charge on any atom is 0.255 e. The van der Waals surface area contributed by atoms with Crippen LogP contribution in [0.2, 0.25) is 0 Å². The van der Waals surface area contributed by atoms with Gasteiger partial charge in [0.1, 0.15) is 5.82 Å². The van der Waals surface area contributed by atoms with Crippen molar-refractivity contribution in [1.29, 1.82) is 0 Å². The first kappa shape index (κ1) is 21.8. The Bertz CT molecular complexity index is 1440. The highest BCUT2D eigenvalue weighted by Gasteiger charge is 2.29. The number of imidazole rings is 1. The minimum atomic E-state index is -0.284. The van der Waals surface area contributed by atoms with E-state index in [0.717, 1.165) is 49.2 Å². The molecule has 0 radical (unpaired) electrons. The summed E-state index contributed by atoms with van der Waals surface area (Å²) in [7, 11) is 0. The molecule has 1 saturated heterocycles. The molecule has 0 N–H and O–H groups in total. The summed E-state index contributed by atoms with van der Waals surface area (Å²) in [5.41, 5.74) is 6.79. The fourth-order valence-electron chi connectivity index (χ4n) is 5.56. The van der Waals surface area contributed by atoms with E-state index in [1.807, 2.05) is 46.8 Å². The standard InChI is InChI=1S/C29H29FN4O/c1-19-9-10-24(25(30)15-19)26-18-33-17-22(16-27(28(33)31-26)32-12-5-6-13-32)29(35)34-14-11-21-7-3-4-8-23(21)20(34)2/h3-4,7-10,15-18,20H,5-6,11-14H2,1-2H3. The topological polar surface area (TPSA) is 40.9 Å². The van der Waals surface area contributed by atoms with E-state index >= 15 is 0 Å². The predicted octanol–water partition coefficient (Wildman–Crippen LogP) is 5.81. The molecular formula is C29H29FN4O. The lowest BCUT2D eigenvalue weighted by molar-refractivity contribution is 0.0677. The summed E-state index contributed by atoms with van der Waals surface area (Å²) >= 11 is 0. The molecule has 178 valence electrons. The van der Waals surface area contributed by atoms with Gasteiger partial charge in [-0.1, -0.05) is 30.3 Å². The second kappa shape index (κ2) is 8.52. The van der Waals surface area contributed by atoms with Gasteiger partial charge in [-0.05, 0) is 68.0 Å². The van der Waals surface area contributed by atoms with E-state index in [2.05, 4.69) is 30.0 Å². The molecule has 0 saturated carbocycles. The Hall–Kier alpha value is -3.67. The lowest BCUT2D eigenvalue weighted by atomic mass is 9.93. The van der Waals surface area contributed by atoms with Crippen molar-refractivity contribution in [3.63, 3.8) is 0 Å². The molecule has 1 amide bonds. The predicted molar refractivity (Wildman–Crippen MR) is 136 cm³/mol. The van der Waals surface area contributed by atoms with E-state index in [4.69, 9.17) is 4.98 Å². The highest BCUT2D eigenvalue weighted by molar-refractivity contribution is 5.96. The lowest BCUT2D eigenvalue weighted by Crippen LogP contribution is -2.39. The van der Waals surface area contributed by atoms with Gasteiger partial charge >= 0.3 is 0 Å². The maximum atomic E-state index is 14.8. The number of anilines is 1. The largest absolute Gasteiger partial charge is 0.369 e. The summed E-state index contributed by atoms with van der Waals surface area (Å²) in [6.07, 6.45) is 6.78. The van der Waals surface area contributed by atoms with E-state index in [1.165, 1.54) is 17.2 Å². The van der Waals surface area contributed by atoms with Crippen molar-refractivity contribution in [2.45, 2.75) is 39.2 Å². The van der Waals surface area contributed by atoms with Gasteiger partial charge in [-0.25, -0.2) is 9.37 Å². The summed E-state index contributed by atoms with van der Waals surface area (Å²) in [4.78, 5) is 22.9. The van der Waals surface area contributed by atoms with E-state index in [9.17, 15) is 9.18 Å². The molecule has 2 aromatic heterocycles. The van der Waals surface area contributed by atoms with Crippen molar-refractivity contribution in [1.82, 2.24) is 14.3 Å². The van der Waals surface area contributed by atoms with Crippen molar-refractivity contribution in [2.75, 3.05) is 24.5 Å². The summed E-state index contributed by atoms with van der Waals surface area (Å²) < 4.78 is 16.7. The first-order valence-electron chi connectivity index (χ1n) is 12.4. The number of hydrogen-bond donors (Lipinski definition) is 0. The van der Waals surface area contributed by atoms with Gasteiger partial charge in [0, 0.05) is 37.6 Å². The van der Waals surface area contributed by atoms with Crippen LogP contribution in [0, 0.1) is 12.7 Å². The molecule has 4 heterocycles. The second-order valence-electron chi connectivity index (χ2n) is 9.77. The van der Waals surface area contributed by atoms with Crippen LogP contribution in [0.25, 0.3) is 16.9 Å². The number of carbonyl (C=O) groups is 1. The molecule has 6 heteroatoms. The Morgan fingerprint density at radius 1 is 1.03 bits per heavy atom. The smallest absolute Gasteiger partial charge is 0.255 e. The Kier molecular flexibility index (Phi) is 5.32. The molecule has 2 aliphatic heterocycles. The highest BCUT2D eigenvalue weighted by Crippen LogP contribution is 2.33. The van der Waals surface area contributed by atoms with Crippen LogP contribution >= 0.6 is 0 Å². The number of amides is 1. The minimum absolute atomic E-state index is 0.0124. The molecule has 1 atom stereocenters. The van der Waals surface area contributed by atoms with E-state index < -0.39 is 0 Å². The molecule has 6 rings (SSSR count). The van der Waals surface area contributed by atoms with Crippen LogP contribution in [0.3, 0.4) is 0 Å². The number of benzene rings is 2. The van der Waals surface area contributed by atoms with Crippen LogP contribution in [-0.2, 0) is 6.42 Å². The number of hydrogen-bond acceptors (Lipinski definition) is 3. The molecule has 0 bridgehead atoms. The van der Waals surface area contributed by atoms with Crippen molar-refractivity contribution < 1.29 is 9.18 Å². The Balaban J connectivity index is 1.44. The zero-order valence-corrected chi connectivity index (χ0v) is 20.2. The summed E-state index contributed by atoms with van der Waals surface area (Å²) in [6, 6.07) is 15.6. The normalized spacial score (nSPS) is 17.7. The zero-order chi connectivity index (χ0) is 24.1. The number of rotatable bonds is 3. The van der Waals surface area contributed by atoms with Crippen LogP contribution in [0.4, 0.5) is 10.1 Å². The fraction of sp³-hybridized carbons (Fsp3) is 0.310. The lowest BCUT2D eigenvalue weighted by Gasteiger charge is -2.35. The van der Waals surface area contributed by atoms with Crippen LogP contribution in [0.1, 0.15) is 52.9 Å². The van der Waals surface area contributed by atoms with Crippen molar-refractivity contribution in [3.05, 3.63) is 89.0 Å². The molecule has 35 heavy (non-hydrogen) atoms. The third kappa shape index (κ3) is 3.77. The molecule has 0 spiro atoms. The van der Waals surface area contributed by atoms with Gasteiger partial charge in [0.15, 0.2) is 5.65 Å². The van der Waals surface area contributed by atoms with Crippen LogP contribution in [0.15, 0.2) is 60.9 Å². The molecule has 2 aliphatic rings. The highest BCUT2D eigenvalue weighted by atomic mass is 19.1. The molecular weight excluding hydrogens is 439 g/mol. The number of fused-ring (bicyclic) bond motifs is 2. The average Bonchev–Trinajstić information content (AvgIpc) is 3.54. The first-order chi connectivity index (χ1) is 17.0.